The Bertz CT molecular complexity index is 2880. The molecule has 0 radical (unpaired) electrons. The van der Waals surface area contributed by atoms with E-state index in [-0.39, 0.29) is 14.5 Å². The second-order valence-electron chi connectivity index (χ2n) is 12.3. The summed E-state index contributed by atoms with van der Waals surface area (Å²) in [5.41, 5.74) is 7.57. The van der Waals surface area contributed by atoms with E-state index < -0.39 is 0 Å². The van der Waals surface area contributed by atoms with Gasteiger partial charge in [0.25, 0.3) is 0 Å². The molecule has 0 fully saturated rings. The minimum atomic E-state index is 0.136. The van der Waals surface area contributed by atoms with Crippen LogP contribution >= 0.6 is 0 Å². The van der Waals surface area contributed by atoms with Crippen molar-refractivity contribution in [2.75, 3.05) is 0 Å². The van der Waals surface area contributed by atoms with E-state index in [4.69, 9.17) is 24.4 Å². The SMILES string of the molecule is c1ccc(-c2cccc(-c3nc(-c4ccccc4)nc(-c4cccc(-c5nc6c(ccc7c8cc9ccccc9cc8[se]c76)o5)c4)n3)c2)cc1. The van der Waals surface area contributed by atoms with Gasteiger partial charge in [-0.15, -0.1) is 0 Å². The van der Waals surface area contributed by atoms with Gasteiger partial charge in [-0.05, 0) is 11.1 Å². The number of hydrogen-bond donors (Lipinski definition) is 0. The van der Waals surface area contributed by atoms with Gasteiger partial charge in [0.1, 0.15) is 0 Å². The Labute approximate surface area is 293 Å². The quantitative estimate of drug-likeness (QED) is 0.167. The molecular formula is C44H26N4OSe. The number of rotatable bonds is 5. The summed E-state index contributed by atoms with van der Waals surface area (Å²) < 4.78 is 9.10. The molecule has 0 atom stereocenters. The zero-order chi connectivity index (χ0) is 33.0. The summed E-state index contributed by atoms with van der Waals surface area (Å²) in [6, 6.07) is 54.4. The molecule has 3 heterocycles. The molecule has 10 aromatic rings. The summed E-state index contributed by atoms with van der Waals surface area (Å²) in [4.78, 5) is 20.1. The van der Waals surface area contributed by atoms with Gasteiger partial charge in [0.05, 0.1) is 0 Å². The Morgan fingerprint density at radius 1 is 0.400 bits per heavy atom. The summed E-state index contributed by atoms with van der Waals surface area (Å²) in [6.45, 7) is 0. The van der Waals surface area contributed by atoms with Crippen LogP contribution in [0.3, 0.4) is 0 Å². The summed E-state index contributed by atoms with van der Waals surface area (Å²) in [5.74, 6) is 2.40. The van der Waals surface area contributed by atoms with Gasteiger partial charge in [-0.25, -0.2) is 0 Å². The van der Waals surface area contributed by atoms with Crippen LogP contribution in [0.25, 0.3) is 97.9 Å². The third-order valence-electron chi connectivity index (χ3n) is 9.13. The van der Waals surface area contributed by atoms with E-state index in [1.54, 1.807) is 0 Å². The Balaban J connectivity index is 1.09. The molecule has 0 spiro atoms. The molecule has 50 heavy (non-hydrogen) atoms. The Kier molecular flexibility index (Phi) is 6.76. The number of fused-ring (bicyclic) bond motifs is 6. The van der Waals surface area contributed by atoms with Crippen molar-refractivity contribution in [3.63, 3.8) is 0 Å². The summed E-state index contributed by atoms with van der Waals surface area (Å²) in [5, 5.41) is 5.10. The minimum absolute atomic E-state index is 0.136. The van der Waals surface area contributed by atoms with Crippen molar-refractivity contribution in [2.45, 2.75) is 0 Å². The fraction of sp³-hybridized carbons (Fsp3) is 0. The van der Waals surface area contributed by atoms with E-state index in [9.17, 15) is 0 Å². The Hall–Kier alpha value is -6.20. The molecule has 0 bridgehead atoms. The molecule has 0 unspecified atom stereocenters. The van der Waals surface area contributed by atoms with E-state index >= 15 is 0 Å². The van der Waals surface area contributed by atoms with Gasteiger partial charge >= 0.3 is 223 Å². The van der Waals surface area contributed by atoms with Gasteiger partial charge in [-0.2, -0.15) is 0 Å². The third-order valence-corrected chi connectivity index (χ3v) is 11.6. The van der Waals surface area contributed by atoms with Gasteiger partial charge in [-0.1, -0.05) is 60.7 Å². The van der Waals surface area contributed by atoms with Crippen molar-refractivity contribution < 1.29 is 4.42 Å². The zero-order valence-electron chi connectivity index (χ0n) is 26.6. The van der Waals surface area contributed by atoms with E-state index in [1.807, 2.05) is 54.6 Å². The summed E-state index contributed by atoms with van der Waals surface area (Å²) in [6.07, 6.45) is 0. The smallest absolute Gasteiger partial charge is 0.0617 e. The minimum Gasteiger partial charge on any atom is -0.0617 e. The van der Waals surface area contributed by atoms with E-state index in [0.717, 1.165) is 44.5 Å². The Morgan fingerprint density at radius 2 is 0.960 bits per heavy atom. The van der Waals surface area contributed by atoms with E-state index in [1.165, 1.54) is 30.1 Å². The topological polar surface area (TPSA) is 64.7 Å². The molecule has 0 amide bonds. The third kappa shape index (κ3) is 5.01. The predicted molar refractivity (Wildman–Crippen MR) is 204 cm³/mol. The van der Waals surface area contributed by atoms with Crippen molar-refractivity contribution in [1.82, 2.24) is 19.9 Å². The number of benzene rings is 7. The summed E-state index contributed by atoms with van der Waals surface area (Å²) in [7, 11) is 0. The predicted octanol–water partition coefficient (Wildman–Crippen LogP) is 10.9. The number of hydrogen-bond acceptors (Lipinski definition) is 5. The maximum absolute atomic E-state index is 6.43. The van der Waals surface area contributed by atoms with Crippen LogP contribution in [0, 0.1) is 0 Å². The van der Waals surface area contributed by atoms with Gasteiger partial charge in [0.15, 0.2) is 0 Å². The number of oxazole rings is 1. The normalized spacial score (nSPS) is 11.6. The molecule has 0 N–H and O–H groups in total. The van der Waals surface area contributed by atoms with Crippen molar-refractivity contribution >= 4 is 55.7 Å². The maximum atomic E-state index is 6.43. The number of nitrogens with zero attached hydrogens (tertiary/aromatic N) is 4. The van der Waals surface area contributed by atoms with Crippen LogP contribution in [0.1, 0.15) is 0 Å². The standard InChI is InChI=1S/C44H26N4OSe/c1-3-11-27(12-4-1)29-17-9-18-32(23-29)42-46-41(28-13-5-2-6-14-28)47-43(48-42)33-19-10-20-34(24-33)44-45-39-37(49-44)22-21-35-36-25-30-15-7-8-16-31(30)26-38(36)50-40(35)39/h1-26H. The first-order chi connectivity index (χ1) is 24.7. The first kappa shape index (κ1) is 28.8. The Morgan fingerprint density at radius 3 is 1.68 bits per heavy atom. The van der Waals surface area contributed by atoms with Crippen molar-refractivity contribution in [1.29, 1.82) is 0 Å². The molecule has 0 aliphatic heterocycles. The summed E-state index contributed by atoms with van der Waals surface area (Å²) >= 11 is 0.136. The monoisotopic (exact) mass is 706 g/mol. The van der Waals surface area contributed by atoms with E-state index in [0.29, 0.717) is 23.4 Å². The van der Waals surface area contributed by atoms with Crippen LogP contribution in [-0.2, 0) is 0 Å². The average molecular weight is 706 g/mol. The fourth-order valence-electron chi connectivity index (χ4n) is 6.64. The molecule has 0 aliphatic rings. The van der Waals surface area contributed by atoms with Crippen LogP contribution in [0.4, 0.5) is 0 Å². The van der Waals surface area contributed by atoms with Crippen LogP contribution < -0.4 is 0 Å². The molecule has 7 aromatic carbocycles. The van der Waals surface area contributed by atoms with Gasteiger partial charge < -0.3 is 0 Å². The molecule has 0 aliphatic carbocycles. The van der Waals surface area contributed by atoms with Crippen LogP contribution in [-0.4, -0.2) is 34.4 Å². The van der Waals surface area contributed by atoms with Crippen LogP contribution in [0.15, 0.2) is 162 Å². The molecular weight excluding hydrogens is 679 g/mol. The molecule has 10 rings (SSSR count). The molecule has 5 nitrogen and oxygen atoms in total. The first-order valence-electron chi connectivity index (χ1n) is 16.5. The van der Waals surface area contributed by atoms with Crippen molar-refractivity contribution in [2.24, 2.45) is 0 Å². The van der Waals surface area contributed by atoms with Crippen molar-refractivity contribution in [3.8, 4) is 56.7 Å². The fourth-order valence-corrected chi connectivity index (χ4v) is 9.19. The number of aromatic nitrogens is 4. The molecule has 6 heteroatoms. The molecule has 0 saturated carbocycles. The van der Waals surface area contributed by atoms with Gasteiger partial charge in [0.2, 0.25) is 0 Å². The molecule has 0 saturated heterocycles. The first-order valence-corrected chi connectivity index (χ1v) is 18.2. The van der Waals surface area contributed by atoms with E-state index in [2.05, 4.69) is 103 Å². The molecule has 3 aromatic heterocycles. The zero-order valence-corrected chi connectivity index (χ0v) is 28.3. The van der Waals surface area contributed by atoms with Crippen molar-refractivity contribution in [3.05, 3.63) is 158 Å². The van der Waals surface area contributed by atoms with Crippen LogP contribution in [0.5, 0.6) is 0 Å². The van der Waals surface area contributed by atoms with Gasteiger partial charge in [-0.3, -0.25) is 0 Å². The molecule has 234 valence electrons. The second-order valence-corrected chi connectivity index (χ2v) is 14.5. The second kappa shape index (κ2) is 11.7. The average Bonchev–Trinajstić information content (AvgIpc) is 3.79. The van der Waals surface area contributed by atoms with Crippen LogP contribution in [0.2, 0.25) is 0 Å². The van der Waals surface area contributed by atoms with Gasteiger partial charge in [0, 0.05) is 0 Å².